The van der Waals surface area contributed by atoms with Crippen molar-refractivity contribution in [3.05, 3.63) is 0 Å². The summed E-state index contributed by atoms with van der Waals surface area (Å²) in [6.07, 6.45) is 0.462. The number of hydrogen-bond acceptors (Lipinski definition) is 3. The predicted molar refractivity (Wildman–Crippen MR) is 53.9 cm³/mol. The molecule has 4 heteroatoms. The van der Waals surface area contributed by atoms with E-state index in [2.05, 4.69) is 31.1 Å². The minimum absolute atomic E-state index is 0.109. The molecule has 3 N–H and O–H groups in total. The van der Waals surface area contributed by atoms with Crippen LogP contribution in [0.3, 0.4) is 0 Å². The van der Waals surface area contributed by atoms with Gasteiger partial charge in [0.15, 0.2) is 0 Å². The zero-order valence-electron chi connectivity index (χ0n) is 9.00. The maximum absolute atomic E-state index is 10.8. The van der Waals surface area contributed by atoms with Crippen LogP contribution in [0.15, 0.2) is 0 Å². The van der Waals surface area contributed by atoms with Crippen molar-refractivity contribution in [1.29, 1.82) is 0 Å². The lowest BCUT2D eigenvalue weighted by molar-refractivity contribution is -0.121. The summed E-state index contributed by atoms with van der Waals surface area (Å²) in [5, 5.41) is 0. The maximum Gasteiger partial charge on any atom is 0.235 e. The Morgan fingerprint density at radius 3 is 2.38 bits per heavy atom. The fraction of sp³-hybridized carbons (Fsp3) is 0.889. The normalized spacial score (nSPS) is 13.5. The lowest BCUT2D eigenvalue weighted by atomic mass is 10.1. The molecule has 1 atom stereocenters. The molecule has 0 aromatic carbocycles. The van der Waals surface area contributed by atoms with Gasteiger partial charge in [-0.25, -0.2) is 5.84 Å². The van der Waals surface area contributed by atoms with Gasteiger partial charge in [0.2, 0.25) is 5.91 Å². The van der Waals surface area contributed by atoms with Crippen LogP contribution >= 0.6 is 0 Å². The van der Waals surface area contributed by atoms with Gasteiger partial charge >= 0.3 is 0 Å². The van der Waals surface area contributed by atoms with Crippen LogP contribution in [0.2, 0.25) is 0 Å². The molecule has 0 bridgehead atoms. The van der Waals surface area contributed by atoms with Crippen molar-refractivity contribution in [2.75, 3.05) is 13.6 Å². The molecule has 0 saturated heterocycles. The van der Waals surface area contributed by atoms with Crippen LogP contribution in [-0.4, -0.2) is 30.4 Å². The molecule has 0 aliphatic carbocycles. The Hall–Kier alpha value is -0.610. The molecule has 0 aliphatic rings. The van der Waals surface area contributed by atoms with Crippen molar-refractivity contribution in [3.8, 4) is 0 Å². The summed E-state index contributed by atoms with van der Waals surface area (Å²) in [6, 6.07) is 0.491. The van der Waals surface area contributed by atoms with Gasteiger partial charge in [0.1, 0.15) is 0 Å². The number of rotatable bonds is 5. The van der Waals surface area contributed by atoms with E-state index in [1.807, 2.05) is 7.05 Å². The van der Waals surface area contributed by atoms with Crippen molar-refractivity contribution in [1.82, 2.24) is 10.3 Å². The van der Waals surface area contributed by atoms with E-state index in [1.54, 1.807) is 0 Å². The SMILES string of the molecule is CC(C)C(C)N(C)CCC(=O)NN. The minimum Gasteiger partial charge on any atom is -0.303 e. The van der Waals surface area contributed by atoms with Crippen LogP contribution in [-0.2, 0) is 4.79 Å². The molecule has 0 radical (unpaired) electrons. The van der Waals surface area contributed by atoms with E-state index in [0.29, 0.717) is 18.4 Å². The number of carbonyl (C=O) groups is 1. The Morgan fingerprint density at radius 2 is 2.00 bits per heavy atom. The summed E-state index contributed by atoms with van der Waals surface area (Å²) >= 11 is 0. The first-order chi connectivity index (χ1) is 5.99. The molecule has 1 amide bonds. The third-order valence-electron chi connectivity index (χ3n) is 2.51. The summed E-state index contributed by atoms with van der Waals surface area (Å²) in [4.78, 5) is 13.0. The van der Waals surface area contributed by atoms with Crippen LogP contribution in [0, 0.1) is 5.92 Å². The second-order valence-corrected chi connectivity index (χ2v) is 3.78. The van der Waals surface area contributed by atoms with E-state index in [0.717, 1.165) is 6.54 Å². The number of nitrogens with one attached hydrogen (secondary N) is 1. The van der Waals surface area contributed by atoms with Gasteiger partial charge in [-0.2, -0.15) is 0 Å². The number of nitrogens with zero attached hydrogens (tertiary/aromatic N) is 1. The molecule has 0 aromatic rings. The first kappa shape index (κ1) is 12.4. The molecule has 0 heterocycles. The highest BCUT2D eigenvalue weighted by molar-refractivity contribution is 5.75. The fourth-order valence-electron chi connectivity index (χ4n) is 1.06. The van der Waals surface area contributed by atoms with Crippen LogP contribution in [0.1, 0.15) is 27.2 Å². The standard InChI is InChI=1S/C9H21N3O/c1-7(2)8(3)12(4)6-5-9(13)11-10/h7-8H,5-6,10H2,1-4H3,(H,11,13). The summed E-state index contributed by atoms with van der Waals surface area (Å²) < 4.78 is 0. The van der Waals surface area contributed by atoms with Gasteiger partial charge in [-0.05, 0) is 19.9 Å². The van der Waals surface area contributed by atoms with Crippen molar-refractivity contribution in [3.63, 3.8) is 0 Å². The first-order valence-electron chi connectivity index (χ1n) is 4.68. The van der Waals surface area contributed by atoms with Crippen molar-refractivity contribution < 1.29 is 4.79 Å². The fourth-order valence-corrected chi connectivity index (χ4v) is 1.06. The van der Waals surface area contributed by atoms with Gasteiger partial charge in [0.25, 0.3) is 0 Å². The van der Waals surface area contributed by atoms with E-state index in [4.69, 9.17) is 5.84 Å². The molecule has 4 nitrogen and oxygen atoms in total. The van der Waals surface area contributed by atoms with Crippen molar-refractivity contribution in [2.24, 2.45) is 11.8 Å². The molecule has 13 heavy (non-hydrogen) atoms. The molecule has 78 valence electrons. The Balaban J connectivity index is 3.73. The van der Waals surface area contributed by atoms with Gasteiger partial charge in [-0.1, -0.05) is 13.8 Å². The second-order valence-electron chi connectivity index (χ2n) is 3.78. The molecule has 1 unspecified atom stereocenters. The van der Waals surface area contributed by atoms with Crippen LogP contribution in [0.5, 0.6) is 0 Å². The van der Waals surface area contributed by atoms with E-state index in [-0.39, 0.29) is 5.91 Å². The number of hydrogen-bond donors (Lipinski definition) is 2. The maximum atomic E-state index is 10.8. The van der Waals surface area contributed by atoms with Crippen LogP contribution in [0.4, 0.5) is 0 Å². The van der Waals surface area contributed by atoms with Gasteiger partial charge in [-0.3, -0.25) is 10.2 Å². The average molecular weight is 187 g/mol. The monoisotopic (exact) mass is 187 g/mol. The van der Waals surface area contributed by atoms with Gasteiger partial charge in [0, 0.05) is 19.0 Å². The molecule has 0 saturated carbocycles. The van der Waals surface area contributed by atoms with Gasteiger partial charge < -0.3 is 4.90 Å². The number of amides is 1. The van der Waals surface area contributed by atoms with E-state index in [1.165, 1.54) is 0 Å². The Bertz CT molecular complexity index is 159. The summed E-state index contributed by atoms with van der Waals surface area (Å²) in [5.74, 6) is 5.47. The molecule has 0 aromatic heterocycles. The largest absolute Gasteiger partial charge is 0.303 e. The lowest BCUT2D eigenvalue weighted by Gasteiger charge is -2.27. The average Bonchev–Trinajstić information content (AvgIpc) is 2.11. The van der Waals surface area contributed by atoms with E-state index in [9.17, 15) is 4.79 Å². The molecular formula is C9H21N3O. The highest BCUT2D eigenvalue weighted by Gasteiger charge is 2.13. The number of nitrogens with two attached hydrogens (primary N) is 1. The lowest BCUT2D eigenvalue weighted by Crippen LogP contribution is -2.38. The molecule has 0 aliphatic heterocycles. The summed E-state index contributed by atoms with van der Waals surface area (Å²) in [7, 11) is 2.02. The van der Waals surface area contributed by atoms with Crippen LogP contribution < -0.4 is 11.3 Å². The van der Waals surface area contributed by atoms with Crippen molar-refractivity contribution in [2.45, 2.75) is 33.2 Å². The predicted octanol–water partition coefficient (Wildman–Crippen LogP) is 0.343. The first-order valence-corrected chi connectivity index (χ1v) is 4.68. The molecule has 0 spiro atoms. The zero-order valence-corrected chi connectivity index (χ0v) is 9.00. The Kier molecular flexibility index (Phi) is 5.66. The molecule has 0 rings (SSSR count). The van der Waals surface area contributed by atoms with Gasteiger partial charge in [0.05, 0.1) is 0 Å². The third-order valence-corrected chi connectivity index (χ3v) is 2.51. The molecular weight excluding hydrogens is 166 g/mol. The molecule has 0 fully saturated rings. The number of hydrazine groups is 1. The number of carbonyl (C=O) groups excluding carboxylic acids is 1. The minimum atomic E-state index is -0.109. The topological polar surface area (TPSA) is 58.4 Å². The zero-order chi connectivity index (χ0) is 10.4. The van der Waals surface area contributed by atoms with Crippen LogP contribution in [0.25, 0.3) is 0 Å². The summed E-state index contributed by atoms with van der Waals surface area (Å²) in [6.45, 7) is 7.25. The smallest absolute Gasteiger partial charge is 0.235 e. The second kappa shape index (κ2) is 5.94. The van der Waals surface area contributed by atoms with E-state index >= 15 is 0 Å². The summed E-state index contributed by atoms with van der Waals surface area (Å²) in [5.41, 5.74) is 2.12. The van der Waals surface area contributed by atoms with E-state index < -0.39 is 0 Å². The van der Waals surface area contributed by atoms with Gasteiger partial charge in [-0.15, -0.1) is 0 Å². The quantitative estimate of drug-likeness (QED) is 0.371. The Labute approximate surface area is 80.4 Å². The Morgan fingerprint density at radius 1 is 1.46 bits per heavy atom. The van der Waals surface area contributed by atoms with Crippen molar-refractivity contribution >= 4 is 5.91 Å². The third kappa shape index (κ3) is 4.85. The highest BCUT2D eigenvalue weighted by Crippen LogP contribution is 2.07. The highest BCUT2D eigenvalue weighted by atomic mass is 16.2.